The molecule has 1 aromatic heterocycles. The highest BCUT2D eigenvalue weighted by Crippen LogP contribution is 2.28. The lowest BCUT2D eigenvalue weighted by Crippen LogP contribution is -2.36. The molecule has 0 saturated carbocycles. The van der Waals surface area contributed by atoms with Crippen LogP contribution in [0.4, 0.5) is 5.82 Å². The molecule has 1 aromatic rings. The van der Waals surface area contributed by atoms with E-state index in [1.807, 2.05) is 6.07 Å². The Morgan fingerprint density at radius 3 is 2.82 bits per heavy atom. The summed E-state index contributed by atoms with van der Waals surface area (Å²) >= 11 is 0. The fourth-order valence-corrected chi connectivity index (χ4v) is 2.16. The zero-order chi connectivity index (χ0) is 16.3. The van der Waals surface area contributed by atoms with Crippen molar-refractivity contribution in [3.8, 4) is 6.07 Å². The lowest BCUT2D eigenvalue weighted by atomic mass is 10.1. The van der Waals surface area contributed by atoms with Crippen LogP contribution in [0, 0.1) is 11.3 Å². The fourth-order valence-electron chi connectivity index (χ4n) is 2.16. The maximum atomic E-state index is 11.9. The van der Waals surface area contributed by atoms with Crippen LogP contribution < -0.4 is 11.4 Å². The first kappa shape index (κ1) is 16.1. The number of nitrogens with two attached hydrogens (primary N) is 1. The number of hydrogen-bond donors (Lipinski definition) is 4. The molecule has 0 aliphatic carbocycles. The summed E-state index contributed by atoms with van der Waals surface area (Å²) in [6, 6.07) is 1.92. The number of anilines is 1. The summed E-state index contributed by atoms with van der Waals surface area (Å²) in [5.74, 6) is -0.0258. The monoisotopic (exact) mass is 308 g/mol. The third kappa shape index (κ3) is 3.00. The molecule has 22 heavy (non-hydrogen) atoms. The van der Waals surface area contributed by atoms with Crippen molar-refractivity contribution in [1.82, 2.24) is 9.55 Å². The van der Waals surface area contributed by atoms with E-state index in [1.54, 1.807) is 6.08 Å². The first-order valence-corrected chi connectivity index (χ1v) is 6.54. The highest BCUT2D eigenvalue weighted by Gasteiger charge is 2.43. The maximum Gasteiger partial charge on any atom is 0.351 e. The van der Waals surface area contributed by atoms with Gasteiger partial charge in [0.25, 0.3) is 0 Å². The second-order valence-electron chi connectivity index (χ2n) is 4.76. The van der Waals surface area contributed by atoms with Gasteiger partial charge in [-0.3, -0.25) is 4.57 Å². The summed E-state index contributed by atoms with van der Waals surface area (Å²) in [4.78, 5) is 15.5. The SMILES string of the molecule is N#CC/C=C/c1cn([C@@H]2O[C@H](CO)[C@@H](O)[C@@H]2O)c(=O)nc1N. The third-order valence-corrected chi connectivity index (χ3v) is 3.31. The number of nitriles is 1. The zero-order valence-electron chi connectivity index (χ0n) is 11.5. The van der Waals surface area contributed by atoms with Gasteiger partial charge >= 0.3 is 5.69 Å². The summed E-state index contributed by atoms with van der Waals surface area (Å²) in [6.07, 6.45) is -0.362. The van der Waals surface area contributed by atoms with E-state index in [1.165, 1.54) is 12.3 Å². The zero-order valence-corrected chi connectivity index (χ0v) is 11.5. The van der Waals surface area contributed by atoms with Crippen molar-refractivity contribution in [1.29, 1.82) is 5.26 Å². The van der Waals surface area contributed by atoms with Gasteiger partial charge in [-0.05, 0) is 0 Å². The standard InChI is InChI=1S/C13H16N4O5/c14-4-2-1-3-7-5-17(13(21)16-11(7)15)12-10(20)9(19)8(6-18)22-12/h1,3,5,8-10,12,18-20H,2,6H2,(H2,15,16,21)/b3-1+/t8-,9-,10+,12-/m1/s1. The first-order chi connectivity index (χ1) is 10.5. The van der Waals surface area contributed by atoms with E-state index in [2.05, 4.69) is 4.98 Å². The Hall–Kier alpha value is -2.25. The average molecular weight is 308 g/mol. The van der Waals surface area contributed by atoms with Crippen LogP contribution in [0.1, 0.15) is 18.2 Å². The molecule has 9 nitrogen and oxygen atoms in total. The fraction of sp³-hybridized carbons (Fsp3) is 0.462. The van der Waals surface area contributed by atoms with Crippen molar-refractivity contribution in [2.45, 2.75) is 31.0 Å². The van der Waals surface area contributed by atoms with Gasteiger partial charge in [0.15, 0.2) is 6.23 Å². The van der Waals surface area contributed by atoms with E-state index >= 15 is 0 Å². The van der Waals surface area contributed by atoms with Crippen LogP contribution in [0.15, 0.2) is 17.1 Å². The van der Waals surface area contributed by atoms with E-state index in [4.69, 9.17) is 20.8 Å². The van der Waals surface area contributed by atoms with Gasteiger partial charge in [-0.25, -0.2) is 4.79 Å². The van der Waals surface area contributed by atoms with Crippen molar-refractivity contribution in [3.05, 3.63) is 28.3 Å². The molecular formula is C13H16N4O5. The first-order valence-electron chi connectivity index (χ1n) is 6.54. The van der Waals surface area contributed by atoms with Crippen LogP contribution >= 0.6 is 0 Å². The average Bonchev–Trinajstić information content (AvgIpc) is 2.77. The molecule has 0 spiro atoms. The third-order valence-electron chi connectivity index (χ3n) is 3.31. The number of nitrogen functional groups attached to an aromatic ring is 1. The van der Waals surface area contributed by atoms with Crippen molar-refractivity contribution in [3.63, 3.8) is 0 Å². The van der Waals surface area contributed by atoms with Gasteiger partial charge in [0.1, 0.15) is 24.1 Å². The van der Waals surface area contributed by atoms with Gasteiger partial charge in [0.05, 0.1) is 19.1 Å². The molecule has 1 aliphatic heterocycles. The second-order valence-corrected chi connectivity index (χ2v) is 4.76. The molecule has 1 saturated heterocycles. The molecule has 0 aromatic carbocycles. The number of ether oxygens (including phenoxy) is 1. The summed E-state index contributed by atoms with van der Waals surface area (Å²) in [7, 11) is 0. The number of aromatic nitrogens is 2. The van der Waals surface area contributed by atoms with E-state index in [9.17, 15) is 15.0 Å². The summed E-state index contributed by atoms with van der Waals surface area (Å²) < 4.78 is 6.27. The Labute approximate surface area is 125 Å². The van der Waals surface area contributed by atoms with Crippen LogP contribution in [-0.4, -0.2) is 49.8 Å². The van der Waals surface area contributed by atoms with Gasteiger partial charge in [0, 0.05) is 11.8 Å². The molecule has 4 atom stereocenters. The number of hydrogen-bond acceptors (Lipinski definition) is 8. The van der Waals surface area contributed by atoms with Crippen LogP contribution in [0.2, 0.25) is 0 Å². The highest BCUT2D eigenvalue weighted by atomic mass is 16.6. The van der Waals surface area contributed by atoms with E-state index in [0.717, 1.165) is 4.57 Å². The Morgan fingerprint density at radius 2 is 2.23 bits per heavy atom. The van der Waals surface area contributed by atoms with Crippen molar-refractivity contribution < 1.29 is 20.1 Å². The van der Waals surface area contributed by atoms with Crippen LogP contribution in [0.25, 0.3) is 6.08 Å². The summed E-state index contributed by atoms with van der Waals surface area (Å²) in [5.41, 5.74) is 5.24. The smallest absolute Gasteiger partial charge is 0.351 e. The minimum atomic E-state index is -1.39. The lowest BCUT2D eigenvalue weighted by Gasteiger charge is -2.18. The summed E-state index contributed by atoms with van der Waals surface area (Å²) in [6.45, 7) is -0.499. The second kappa shape index (κ2) is 6.67. The van der Waals surface area contributed by atoms with E-state index in [0.29, 0.717) is 5.56 Å². The van der Waals surface area contributed by atoms with Crippen molar-refractivity contribution >= 4 is 11.9 Å². The maximum absolute atomic E-state index is 11.9. The predicted octanol–water partition coefficient (Wildman–Crippen LogP) is -1.64. The normalized spacial score (nSPS) is 28.1. The topological polar surface area (TPSA) is 155 Å². The Kier molecular flexibility index (Phi) is 4.89. The molecule has 118 valence electrons. The van der Waals surface area contributed by atoms with Gasteiger partial charge in [-0.1, -0.05) is 12.2 Å². The Morgan fingerprint density at radius 1 is 1.50 bits per heavy atom. The van der Waals surface area contributed by atoms with Crippen LogP contribution in [0.3, 0.4) is 0 Å². The highest BCUT2D eigenvalue weighted by molar-refractivity contribution is 5.59. The lowest BCUT2D eigenvalue weighted by molar-refractivity contribution is -0.0549. The van der Waals surface area contributed by atoms with Crippen LogP contribution in [0.5, 0.6) is 0 Å². The number of aliphatic hydroxyl groups excluding tert-OH is 3. The van der Waals surface area contributed by atoms with Gasteiger partial charge in [-0.2, -0.15) is 10.2 Å². The largest absolute Gasteiger partial charge is 0.394 e. The molecule has 1 fully saturated rings. The number of aliphatic hydroxyl groups is 3. The molecule has 0 radical (unpaired) electrons. The van der Waals surface area contributed by atoms with Gasteiger partial charge in [-0.15, -0.1) is 0 Å². The number of allylic oxidation sites excluding steroid dienone is 1. The quantitative estimate of drug-likeness (QED) is 0.516. The number of rotatable bonds is 4. The molecule has 2 heterocycles. The minimum Gasteiger partial charge on any atom is -0.394 e. The molecule has 2 rings (SSSR count). The predicted molar refractivity (Wildman–Crippen MR) is 75.2 cm³/mol. The molecule has 5 N–H and O–H groups in total. The summed E-state index contributed by atoms with van der Waals surface area (Å²) in [5, 5.41) is 37.2. The molecule has 9 heteroatoms. The Balaban J connectivity index is 2.37. The molecule has 0 unspecified atom stereocenters. The number of nitrogens with zero attached hydrogens (tertiary/aromatic N) is 3. The molecule has 1 aliphatic rings. The van der Waals surface area contributed by atoms with E-state index < -0.39 is 36.8 Å². The van der Waals surface area contributed by atoms with E-state index in [-0.39, 0.29) is 12.2 Å². The van der Waals surface area contributed by atoms with Crippen LogP contribution in [-0.2, 0) is 4.74 Å². The molecular weight excluding hydrogens is 292 g/mol. The van der Waals surface area contributed by atoms with Crippen molar-refractivity contribution in [2.24, 2.45) is 0 Å². The van der Waals surface area contributed by atoms with Crippen molar-refractivity contribution in [2.75, 3.05) is 12.3 Å². The Bertz CT molecular complexity index is 665. The van der Waals surface area contributed by atoms with Gasteiger partial charge in [0.2, 0.25) is 0 Å². The minimum absolute atomic E-state index is 0.0258. The molecule has 0 bridgehead atoms. The molecule has 0 amide bonds. The van der Waals surface area contributed by atoms with Gasteiger partial charge < -0.3 is 25.8 Å².